The van der Waals surface area contributed by atoms with Gasteiger partial charge in [0, 0.05) is 43.1 Å². The van der Waals surface area contributed by atoms with Gasteiger partial charge in [-0.2, -0.15) is 0 Å². The van der Waals surface area contributed by atoms with Gasteiger partial charge in [0.25, 0.3) is 0 Å². The molecule has 0 amide bonds. The van der Waals surface area contributed by atoms with Crippen LogP contribution in [0.1, 0.15) is 105 Å². The molecule has 0 unspecified atom stereocenters. The first-order chi connectivity index (χ1) is 26.0. The van der Waals surface area contributed by atoms with Crippen LogP contribution < -0.4 is 0 Å². The van der Waals surface area contributed by atoms with Crippen molar-refractivity contribution >= 4 is 5.97 Å². The molecule has 0 aromatic heterocycles. The van der Waals surface area contributed by atoms with Gasteiger partial charge in [0.05, 0.1) is 54.4 Å². The molecule has 4 aliphatic heterocycles. The lowest BCUT2D eigenvalue weighted by Gasteiger charge is -2.63. The molecule has 8 rings (SSSR count). The normalized spacial score (nSPS) is 55.5. The third-order valence-corrected chi connectivity index (χ3v) is 15.8. The summed E-state index contributed by atoms with van der Waals surface area (Å²) in [5, 5.41) is 66.3. The number of carbonyl (C=O) groups is 1. The van der Waals surface area contributed by atoms with Crippen molar-refractivity contribution in [3.05, 3.63) is 11.6 Å². The van der Waals surface area contributed by atoms with Crippen molar-refractivity contribution in [2.75, 3.05) is 6.61 Å². The van der Waals surface area contributed by atoms with E-state index in [1.165, 1.54) is 6.08 Å². The predicted octanol–water partition coefficient (Wildman–Crippen LogP) is 2.22. The Kier molecular flexibility index (Phi) is 11.1. The number of rotatable bonds is 7. The Hall–Kier alpha value is -1.27. The number of fused-ring (bicyclic) bond motifs is 5. The fraction of sp³-hybridized carbons (Fsp3) is 0.927. The zero-order valence-corrected chi connectivity index (χ0v) is 32.9. The van der Waals surface area contributed by atoms with Crippen molar-refractivity contribution in [3.8, 4) is 0 Å². The lowest BCUT2D eigenvalue weighted by atomic mass is 9.43. The monoisotopic (exact) mass is 780 g/mol. The molecule has 14 nitrogen and oxygen atoms in total. The van der Waals surface area contributed by atoms with Gasteiger partial charge in [0.2, 0.25) is 0 Å². The maximum atomic E-state index is 12.6. The van der Waals surface area contributed by atoms with Crippen LogP contribution in [0.4, 0.5) is 0 Å². The molecule has 312 valence electrons. The van der Waals surface area contributed by atoms with Crippen LogP contribution in [-0.4, -0.2) is 135 Å². The van der Waals surface area contributed by atoms with Crippen LogP contribution in [0.2, 0.25) is 0 Å². The molecule has 3 saturated heterocycles. The standard InChI is InChI=1S/C41H64O14/c1-19-36(47)27(42)14-33(50-19)54-38-21(3)52-34(16-29(38)44)55-37-20(2)51-32(15-28(37)43)53-24-8-10-39(4)23(13-24)6-7-26-25(39)9-11-40(5)35(22-12-31(46)49-18-22)30(45)17-41(26,40)48/h12,19-21,23-30,32-38,42-45,47-48H,6-11,13-18H2,1-5H3/t19-,20-,21-,23-,24+,25-,26-,27-,28-,29-,30+,32+,33+,34+,35+,36-,37-,38-,39+,40-,41+/m1/s1. The van der Waals surface area contributed by atoms with Gasteiger partial charge >= 0.3 is 5.97 Å². The van der Waals surface area contributed by atoms with Gasteiger partial charge in [0.15, 0.2) is 18.9 Å². The zero-order chi connectivity index (χ0) is 39.2. The van der Waals surface area contributed by atoms with E-state index in [2.05, 4.69) is 13.8 Å². The lowest BCUT2D eigenvalue weighted by molar-refractivity contribution is -0.336. The number of cyclic esters (lactones) is 1. The molecular formula is C41H64O14. The van der Waals surface area contributed by atoms with Crippen molar-refractivity contribution in [1.29, 1.82) is 0 Å². The van der Waals surface area contributed by atoms with Crippen molar-refractivity contribution in [2.45, 2.75) is 197 Å². The molecule has 8 aliphatic rings. The Bertz CT molecular complexity index is 1410. The first-order valence-corrected chi connectivity index (χ1v) is 20.9. The first kappa shape index (κ1) is 40.5. The van der Waals surface area contributed by atoms with Crippen LogP contribution in [0, 0.1) is 34.5 Å². The number of ether oxygens (including phenoxy) is 7. The maximum Gasteiger partial charge on any atom is 0.331 e. The van der Waals surface area contributed by atoms with Crippen LogP contribution in [0.15, 0.2) is 11.6 Å². The summed E-state index contributed by atoms with van der Waals surface area (Å²) in [6.45, 7) is 9.98. The molecule has 0 aromatic carbocycles. The highest BCUT2D eigenvalue weighted by atomic mass is 16.7. The van der Waals surface area contributed by atoms with E-state index in [4.69, 9.17) is 33.2 Å². The van der Waals surface area contributed by atoms with Crippen LogP contribution in [-0.2, 0) is 38.0 Å². The van der Waals surface area contributed by atoms with Crippen molar-refractivity contribution < 1.29 is 68.6 Å². The summed E-state index contributed by atoms with van der Waals surface area (Å²) in [6.07, 6.45) is -1.26. The molecule has 7 fully saturated rings. The molecule has 14 heteroatoms. The number of hydrogen-bond acceptors (Lipinski definition) is 14. The molecule has 0 radical (unpaired) electrons. The quantitative estimate of drug-likeness (QED) is 0.162. The molecule has 0 spiro atoms. The number of aliphatic hydroxyl groups excluding tert-OH is 5. The second kappa shape index (κ2) is 15.1. The van der Waals surface area contributed by atoms with E-state index < -0.39 is 90.9 Å². The molecule has 55 heavy (non-hydrogen) atoms. The number of esters is 1. The summed E-state index contributed by atoms with van der Waals surface area (Å²) in [5.41, 5.74) is -0.686. The van der Waals surface area contributed by atoms with Gasteiger partial charge in [-0.3, -0.25) is 0 Å². The fourth-order valence-electron chi connectivity index (χ4n) is 12.9. The van der Waals surface area contributed by atoms with Crippen molar-refractivity contribution in [2.24, 2.45) is 34.5 Å². The maximum absolute atomic E-state index is 12.6. The molecule has 4 heterocycles. The zero-order valence-electron chi connectivity index (χ0n) is 32.9. The lowest BCUT2D eigenvalue weighted by Crippen LogP contribution is -2.62. The minimum atomic E-state index is -1.01. The highest BCUT2D eigenvalue weighted by Gasteiger charge is 2.70. The van der Waals surface area contributed by atoms with Crippen molar-refractivity contribution in [3.63, 3.8) is 0 Å². The second-order valence-electron chi connectivity index (χ2n) is 18.9. The Balaban J connectivity index is 0.834. The van der Waals surface area contributed by atoms with E-state index in [1.54, 1.807) is 13.8 Å². The summed E-state index contributed by atoms with van der Waals surface area (Å²) < 4.78 is 42.1. The summed E-state index contributed by atoms with van der Waals surface area (Å²) in [5.74, 6) is 0.174. The average Bonchev–Trinajstić information content (AvgIpc) is 3.62. The van der Waals surface area contributed by atoms with Gasteiger partial charge in [-0.25, -0.2) is 4.79 Å². The highest BCUT2D eigenvalue weighted by molar-refractivity contribution is 5.85. The number of aliphatic hydroxyl groups is 6. The average molecular weight is 781 g/mol. The Morgan fingerprint density at radius 1 is 0.691 bits per heavy atom. The number of hydrogen-bond donors (Lipinski definition) is 6. The van der Waals surface area contributed by atoms with E-state index in [0.29, 0.717) is 18.3 Å². The van der Waals surface area contributed by atoms with E-state index in [1.807, 2.05) is 6.92 Å². The fourth-order valence-corrected chi connectivity index (χ4v) is 12.9. The molecule has 0 aromatic rings. The van der Waals surface area contributed by atoms with Crippen molar-refractivity contribution in [1.82, 2.24) is 0 Å². The predicted molar refractivity (Wildman–Crippen MR) is 193 cm³/mol. The third-order valence-electron chi connectivity index (χ3n) is 15.8. The summed E-state index contributed by atoms with van der Waals surface area (Å²) in [4.78, 5) is 12.0. The Labute approximate surface area is 323 Å². The minimum Gasteiger partial charge on any atom is -0.458 e. The Morgan fingerprint density at radius 3 is 1.87 bits per heavy atom. The molecule has 21 atom stereocenters. The Morgan fingerprint density at radius 2 is 1.29 bits per heavy atom. The van der Waals surface area contributed by atoms with E-state index in [-0.39, 0.29) is 55.2 Å². The summed E-state index contributed by atoms with van der Waals surface area (Å²) in [6, 6.07) is 0. The van der Waals surface area contributed by atoms with Gasteiger partial charge < -0.3 is 63.8 Å². The molecule has 0 bridgehead atoms. The molecule has 6 N–H and O–H groups in total. The van der Waals surface area contributed by atoms with Gasteiger partial charge in [-0.1, -0.05) is 13.8 Å². The summed E-state index contributed by atoms with van der Waals surface area (Å²) >= 11 is 0. The first-order valence-electron chi connectivity index (χ1n) is 20.9. The SMILES string of the molecule is C[C@H]1O[C@@H](O[C@H]2[C@H](O)C[C@H](O[C@H]3[C@H](O)C[C@H](O[C@H]4CC[C@@]5(C)[C@H](CC[C@@H]6[C@H]5CC[C@]5(C)[C@@H](C7=CC(=O)OC7)[C@@H](O)C[C@]65O)C4)O[C@@H]3C)O[C@@H]2C)C[C@@H](O)[C@@H]1O. The molecule has 4 saturated carbocycles. The highest BCUT2D eigenvalue weighted by Crippen LogP contribution is 2.70. The van der Waals surface area contributed by atoms with Crippen LogP contribution in [0.5, 0.6) is 0 Å². The topological polar surface area (TPSA) is 203 Å². The van der Waals surface area contributed by atoms with Gasteiger partial charge in [-0.05, 0) is 94.5 Å². The molecule has 4 aliphatic carbocycles. The molecular weight excluding hydrogens is 716 g/mol. The van der Waals surface area contributed by atoms with E-state index in [9.17, 15) is 35.4 Å². The van der Waals surface area contributed by atoms with Gasteiger partial charge in [-0.15, -0.1) is 0 Å². The summed E-state index contributed by atoms with van der Waals surface area (Å²) in [7, 11) is 0. The largest absolute Gasteiger partial charge is 0.458 e. The van der Waals surface area contributed by atoms with E-state index in [0.717, 1.165) is 50.5 Å². The van der Waals surface area contributed by atoms with Crippen LogP contribution >= 0.6 is 0 Å². The van der Waals surface area contributed by atoms with Gasteiger partial charge in [0.1, 0.15) is 24.9 Å². The third kappa shape index (κ3) is 7.05. The van der Waals surface area contributed by atoms with Crippen LogP contribution in [0.25, 0.3) is 0 Å². The van der Waals surface area contributed by atoms with E-state index >= 15 is 0 Å². The number of carbonyl (C=O) groups excluding carboxylic acids is 1. The second-order valence-corrected chi connectivity index (χ2v) is 18.9. The minimum absolute atomic E-state index is 0.0203. The smallest absolute Gasteiger partial charge is 0.331 e. The van der Waals surface area contributed by atoms with Crippen LogP contribution in [0.3, 0.4) is 0 Å².